The Hall–Kier alpha value is -2.64. The minimum atomic E-state index is -1.11. The van der Waals surface area contributed by atoms with Crippen LogP contribution in [0.4, 0.5) is 11.4 Å². The molecule has 0 unspecified atom stereocenters. The van der Waals surface area contributed by atoms with Crippen LogP contribution in [0.3, 0.4) is 0 Å². The van der Waals surface area contributed by atoms with Crippen LogP contribution in [-0.4, -0.2) is 41.5 Å². The van der Waals surface area contributed by atoms with E-state index in [1.807, 2.05) is 4.90 Å². The molecule has 1 aromatic carbocycles. The third-order valence-corrected chi connectivity index (χ3v) is 4.15. The fraction of sp³-hybridized carbons (Fsp3) is 0.500. The molecule has 8 heteroatoms. The fourth-order valence-electron chi connectivity index (χ4n) is 2.52. The maximum Gasteiger partial charge on any atom is 0.310 e. The van der Waals surface area contributed by atoms with E-state index < -0.39 is 22.2 Å². The van der Waals surface area contributed by atoms with E-state index in [4.69, 9.17) is 5.11 Å². The Kier molecular flexibility index (Phi) is 5.06. The summed E-state index contributed by atoms with van der Waals surface area (Å²) in [4.78, 5) is 36.0. The van der Waals surface area contributed by atoms with Gasteiger partial charge in [0, 0.05) is 31.3 Å². The van der Waals surface area contributed by atoms with Gasteiger partial charge < -0.3 is 15.3 Å². The predicted molar refractivity (Wildman–Crippen MR) is 88.3 cm³/mol. The van der Waals surface area contributed by atoms with Crippen molar-refractivity contribution >= 4 is 23.3 Å². The first-order valence-electron chi connectivity index (χ1n) is 7.77. The van der Waals surface area contributed by atoms with Gasteiger partial charge in [0.2, 0.25) is 0 Å². The van der Waals surface area contributed by atoms with Gasteiger partial charge in [0.15, 0.2) is 0 Å². The van der Waals surface area contributed by atoms with Crippen molar-refractivity contribution in [3.63, 3.8) is 0 Å². The van der Waals surface area contributed by atoms with Gasteiger partial charge in [-0.3, -0.25) is 19.7 Å². The average Bonchev–Trinajstić information content (AvgIpc) is 3.06. The van der Waals surface area contributed by atoms with Gasteiger partial charge in [-0.2, -0.15) is 0 Å². The monoisotopic (exact) mass is 335 g/mol. The van der Waals surface area contributed by atoms with E-state index in [0.29, 0.717) is 5.69 Å². The molecule has 0 aromatic heterocycles. The number of nitrogens with zero attached hydrogens (tertiary/aromatic N) is 2. The number of nitro groups is 1. The lowest BCUT2D eigenvalue weighted by Gasteiger charge is -2.20. The Balaban J connectivity index is 2.18. The molecule has 2 N–H and O–H groups in total. The number of nitrogens with one attached hydrogen (secondary N) is 1. The van der Waals surface area contributed by atoms with Gasteiger partial charge in [-0.15, -0.1) is 0 Å². The third kappa shape index (κ3) is 3.81. The molecular weight excluding hydrogens is 314 g/mol. The standard InChI is InChI=1S/C16H21N3O5/c1-16(2,15(21)22)10-17-14(20)11-5-6-12(13(9-11)19(23)24)18-7-3-4-8-18/h5-6,9H,3-4,7-8,10H2,1-2H3,(H,17,20)(H,21,22). The molecule has 0 radical (unpaired) electrons. The van der Waals surface area contributed by atoms with Crippen molar-refractivity contribution in [1.29, 1.82) is 0 Å². The molecule has 1 fully saturated rings. The summed E-state index contributed by atoms with van der Waals surface area (Å²) in [6, 6.07) is 4.36. The number of aliphatic carboxylic acids is 1. The van der Waals surface area contributed by atoms with Crippen LogP contribution in [0, 0.1) is 15.5 Å². The number of amides is 1. The van der Waals surface area contributed by atoms with E-state index in [-0.39, 0.29) is 17.8 Å². The van der Waals surface area contributed by atoms with Crippen molar-refractivity contribution < 1.29 is 19.6 Å². The average molecular weight is 335 g/mol. The highest BCUT2D eigenvalue weighted by molar-refractivity contribution is 5.96. The van der Waals surface area contributed by atoms with Crippen LogP contribution in [0.2, 0.25) is 0 Å². The van der Waals surface area contributed by atoms with Crippen molar-refractivity contribution in [2.24, 2.45) is 5.41 Å². The zero-order valence-electron chi connectivity index (χ0n) is 13.7. The Bertz CT molecular complexity index is 666. The molecule has 0 spiro atoms. The van der Waals surface area contributed by atoms with Gasteiger partial charge in [0.25, 0.3) is 11.6 Å². The van der Waals surface area contributed by atoms with E-state index in [2.05, 4.69) is 5.32 Å². The van der Waals surface area contributed by atoms with Gasteiger partial charge in [0.1, 0.15) is 5.69 Å². The van der Waals surface area contributed by atoms with E-state index >= 15 is 0 Å². The fourth-order valence-corrected chi connectivity index (χ4v) is 2.52. The van der Waals surface area contributed by atoms with Gasteiger partial charge in [0.05, 0.1) is 10.3 Å². The summed E-state index contributed by atoms with van der Waals surface area (Å²) in [5.41, 5.74) is -0.565. The van der Waals surface area contributed by atoms with Crippen molar-refractivity contribution in [2.45, 2.75) is 26.7 Å². The molecule has 24 heavy (non-hydrogen) atoms. The number of carbonyl (C=O) groups is 2. The smallest absolute Gasteiger partial charge is 0.310 e. The number of nitro benzene ring substituents is 1. The quantitative estimate of drug-likeness (QED) is 0.607. The minimum absolute atomic E-state index is 0.0666. The number of anilines is 1. The van der Waals surface area contributed by atoms with E-state index in [9.17, 15) is 19.7 Å². The number of hydrogen-bond acceptors (Lipinski definition) is 5. The molecule has 1 amide bonds. The highest BCUT2D eigenvalue weighted by Gasteiger charge is 2.28. The molecule has 1 saturated heterocycles. The van der Waals surface area contributed by atoms with Gasteiger partial charge in [-0.25, -0.2) is 0 Å². The SMILES string of the molecule is CC(C)(CNC(=O)c1ccc(N2CCCC2)c([N+](=O)[O-])c1)C(=O)O. The molecule has 0 bridgehead atoms. The zero-order valence-corrected chi connectivity index (χ0v) is 13.7. The molecule has 0 atom stereocenters. The second-order valence-corrected chi connectivity index (χ2v) is 6.53. The maximum atomic E-state index is 12.2. The first-order chi connectivity index (χ1) is 11.2. The Morgan fingerprint density at radius 1 is 1.33 bits per heavy atom. The van der Waals surface area contributed by atoms with Gasteiger partial charge in [-0.1, -0.05) is 0 Å². The van der Waals surface area contributed by atoms with Crippen LogP contribution < -0.4 is 10.2 Å². The molecule has 1 aromatic rings. The Morgan fingerprint density at radius 3 is 2.50 bits per heavy atom. The van der Waals surface area contributed by atoms with Gasteiger partial charge >= 0.3 is 5.97 Å². The highest BCUT2D eigenvalue weighted by atomic mass is 16.6. The normalized spacial score (nSPS) is 14.5. The second kappa shape index (κ2) is 6.86. The van der Waals surface area contributed by atoms with Crippen LogP contribution in [0.25, 0.3) is 0 Å². The summed E-state index contributed by atoms with van der Waals surface area (Å²) >= 11 is 0. The van der Waals surface area contributed by atoms with Crippen molar-refractivity contribution in [1.82, 2.24) is 5.32 Å². The summed E-state index contributed by atoms with van der Waals surface area (Å²) in [5.74, 6) is -1.56. The van der Waals surface area contributed by atoms with Crippen molar-refractivity contribution in [3.05, 3.63) is 33.9 Å². The lowest BCUT2D eigenvalue weighted by Crippen LogP contribution is -2.38. The Morgan fingerprint density at radius 2 is 1.96 bits per heavy atom. The lowest BCUT2D eigenvalue weighted by atomic mass is 9.94. The van der Waals surface area contributed by atoms with Crippen LogP contribution in [0.15, 0.2) is 18.2 Å². The first kappa shape index (κ1) is 17.7. The molecule has 1 heterocycles. The maximum absolute atomic E-state index is 12.2. The molecule has 2 rings (SSSR count). The minimum Gasteiger partial charge on any atom is -0.481 e. The van der Waals surface area contributed by atoms with E-state index in [1.165, 1.54) is 26.0 Å². The van der Waals surface area contributed by atoms with Crippen LogP contribution >= 0.6 is 0 Å². The molecular formula is C16H21N3O5. The van der Waals surface area contributed by atoms with Crippen LogP contribution in [-0.2, 0) is 4.79 Å². The van der Waals surface area contributed by atoms with Crippen molar-refractivity contribution in [2.75, 3.05) is 24.5 Å². The summed E-state index contributed by atoms with van der Waals surface area (Å²) in [6.45, 7) is 4.45. The molecule has 0 saturated carbocycles. The number of rotatable bonds is 6. The van der Waals surface area contributed by atoms with E-state index in [0.717, 1.165) is 25.9 Å². The number of carboxylic acid groups (broad SMARTS) is 1. The van der Waals surface area contributed by atoms with E-state index in [1.54, 1.807) is 6.07 Å². The lowest BCUT2D eigenvalue weighted by molar-refractivity contribution is -0.384. The summed E-state index contributed by atoms with van der Waals surface area (Å²) in [5, 5.41) is 22.9. The predicted octanol–water partition coefficient (Wildman–Crippen LogP) is 2.04. The summed E-state index contributed by atoms with van der Waals surface area (Å²) in [6.07, 6.45) is 1.98. The first-order valence-corrected chi connectivity index (χ1v) is 7.77. The molecule has 0 aliphatic carbocycles. The largest absolute Gasteiger partial charge is 0.481 e. The topological polar surface area (TPSA) is 113 Å². The molecule has 1 aliphatic rings. The highest BCUT2D eigenvalue weighted by Crippen LogP contribution is 2.31. The molecule has 130 valence electrons. The van der Waals surface area contributed by atoms with Gasteiger partial charge in [-0.05, 0) is 38.8 Å². The number of carboxylic acids is 1. The summed E-state index contributed by atoms with van der Waals surface area (Å²) in [7, 11) is 0. The molecule has 8 nitrogen and oxygen atoms in total. The Labute approximate surface area is 139 Å². The number of benzene rings is 1. The van der Waals surface area contributed by atoms with Crippen LogP contribution in [0.1, 0.15) is 37.0 Å². The molecule has 1 aliphatic heterocycles. The van der Waals surface area contributed by atoms with Crippen LogP contribution in [0.5, 0.6) is 0 Å². The van der Waals surface area contributed by atoms with Crippen molar-refractivity contribution in [3.8, 4) is 0 Å². The number of carbonyl (C=O) groups excluding carboxylic acids is 1. The summed E-state index contributed by atoms with van der Waals surface area (Å²) < 4.78 is 0. The third-order valence-electron chi connectivity index (χ3n) is 4.15. The number of hydrogen-bond donors (Lipinski definition) is 2. The second-order valence-electron chi connectivity index (χ2n) is 6.53. The zero-order chi connectivity index (χ0) is 17.9.